The van der Waals surface area contributed by atoms with Crippen LogP contribution in [0.25, 0.3) is 0 Å². The molecule has 1 rings (SSSR count). The number of hydrogen-bond donors (Lipinski definition) is 0. The van der Waals surface area contributed by atoms with E-state index >= 15 is 0 Å². The first-order valence-corrected chi connectivity index (χ1v) is 5.96. The highest BCUT2D eigenvalue weighted by Crippen LogP contribution is 2.21. The fraction of sp³-hybridized carbons (Fsp3) is 0.500. The van der Waals surface area contributed by atoms with Crippen LogP contribution in [0, 0.1) is 11.7 Å². The van der Waals surface area contributed by atoms with Crippen molar-refractivity contribution in [2.75, 3.05) is 6.61 Å². The Balaban J connectivity index is 2.35. The van der Waals surface area contributed by atoms with E-state index in [-0.39, 0.29) is 5.82 Å². The van der Waals surface area contributed by atoms with Crippen molar-refractivity contribution in [1.82, 2.24) is 0 Å². The Kier molecular flexibility index (Phi) is 5.09. The van der Waals surface area contributed by atoms with Gasteiger partial charge in [-0.3, -0.25) is 0 Å². The smallest absolute Gasteiger partial charge is 0.141 e. The second kappa shape index (κ2) is 6.11. The summed E-state index contributed by atoms with van der Waals surface area (Å²) in [5.41, 5.74) is 0. The molecule has 3 heteroatoms. The predicted octanol–water partition coefficient (Wildman–Crippen LogP) is 4.40. The van der Waals surface area contributed by atoms with Crippen LogP contribution in [0.5, 0.6) is 5.75 Å². The second-order valence-electron chi connectivity index (χ2n) is 3.96. The molecule has 0 amide bonds. The molecule has 84 valence electrons. The molecule has 1 nitrogen and oxygen atoms in total. The monoisotopic (exact) mass is 274 g/mol. The van der Waals surface area contributed by atoms with Crippen LogP contribution in [0.1, 0.15) is 26.7 Å². The topological polar surface area (TPSA) is 9.23 Å². The van der Waals surface area contributed by atoms with Crippen molar-refractivity contribution in [2.24, 2.45) is 5.92 Å². The summed E-state index contributed by atoms with van der Waals surface area (Å²) in [5.74, 6) is 1.01. The van der Waals surface area contributed by atoms with Crippen molar-refractivity contribution in [3.05, 3.63) is 28.5 Å². The molecule has 0 bridgehead atoms. The lowest BCUT2D eigenvalue weighted by Crippen LogP contribution is -1.99. The Morgan fingerprint density at radius 2 is 2.13 bits per heavy atom. The van der Waals surface area contributed by atoms with E-state index in [9.17, 15) is 4.39 Å². The molecule has 0 heterocycles. The molecule has 0 fully saturated rings. The third-order valence-corrected chi connectivity index (χ3v) is 2.73. The minimum absolute atomic E-state index is 0.281. The van der Waals surface area contributed by atoms with Gasteiger partial charge < -0.3 is 4.74 Å². The Hall–Kier alpha value is -0.570. The van der Waals surface area contributed by atoms with Crippen molar-refractivity contribution in [3.63, 3.8) is 0 Å². The number of hydrogen-bond acceptors (Lipinski definition) is 1. The molecule has 1 aromatic rings. The average molecular weight is 275 g/mol. The number of benzene rings is 1. The van der Waals surface area contributed by atoms with Gasteiger partial charge in [-0.25, -0.2) is 4.39 Å². The maximum atomic E-state index is 13.1. The van der Waals surface area contributed by atoms with Crippen molar-refractivity contribution < 1.29 is 9.13 Å². The van der Waals surface area contributed by atoms with Gasteiger partial charge in [0.05, 0.1) is 11.1 Å². The molecule has 0 aromatic heterocycles. The summed E-state index contributed by atoms with van der Waals surface area (Å²) in [6, 6.07) is 4.83. The van der Waals surface area contributed by atoms with Crippen LogP contribution in [0.15, 0.2) is 22.7 Å². The van der Waals surface area contributed by atoms with E-state index in [0.29, 0.717) is 22.7 Å². The van der Waals surface area contributed by atoms with E-state index in [1.807, 2.05) is 0 Å². The van der Waals surface area contributed by atoms with Crippen LogP contribution in [-0.4, -0.2) is 6.61 Å². The third kappa shape index (κ3) is 4.65. The van der Waals surface area contributed by atoms with Gasteiger partial charge in [-0.2, -0.15) is 0 Å². The third-order valence-electron chi connectivity index (χ3n) is 2.09. The van der Waals surface area contributed by atoms with Gasteiger partial charge in [0, 0.05) is 6.07 Å². The van der Waals surface area contributed by atoms with E-state index in [0.717, 1.165) is 12.8 Å². The van der Waals surface area contributed by atoms with Gasteiger partial charge in [-0.1, -0.05) is 13.8 Å². The van der Waals surface area contributed by atoms with Gasteiger partial charge in [0.15, 0.2) is 0 Å². The first-order valence-electron chi connectivity index (χ1n) is 5.17. The summed E-state index contributed by atoms with van der Waals surface area (Å²) < 4.78 is 19.0. The molecule has 0 spiro atoms. The van der Waals surface area contributed by atoms with Gasteiger partial charge >= 0.3 is 0 Å². The van der Waals surface area contributed by atoms with Gasteiger partial charge in [0.2, 0.25) is 0 Å². The van der Waals surface area contributed by atoms with E-state index in [1.54, 1.807) is 12.1 Å². The first-order chi connectivity index (χ1) is 7.09. The maximum Gasteiger partial charge on any atom is 0.141 e. The van der Waals surface area contributed by atoms with Crippen molar-refractivity contribution >= 4 is 15.9 Å². The lowest BCUT2D eigenvalue weighted by Gasteiger charge is -2.07. The van der Waals surface area contributed by atoms with Crippen LogP contribution >= 0.6 is 15.9 Å². The van der Waals surface area contributed by atoms with Crippen molar-refractivity contribution in [1.29, 1.82) is 0 Å². The Labute approximate surface area is 98.8 Å². The van der Waals surface area contributed by atoms with Gasteiger partial charge in [0.25, 0.3) is 0 Å². The maximum absolute atomic E-state index is 13.1. The zero-order valence-corrected chi connectivity index (χ0v) is 10.7. The van der Waals surface area contributed by atoms with Crippen LogP contribution < -0.4 is 4.74 Å². The number of ether oxygens (including phenoxy) is 1. The van der Waals surface area contributed by atoms with Crippen LogP contribution in [0.2, 0.25) is 0 Å². The lowest BCUT2D eigenvalue weighted by atomic mass is 10.1. The van der Waals surface area contributed by atoms with Crippen molar-refractivity contribution in [2.45, 2.75) is 26.7 Å². The quantitative estimate of drug-likeness (QED) is 0.723. The predicted molar refractivity (Wildman–Crippen MR) is 63.7 cm³/mol. The SMILES string of the molecule is CC(C)CCCOc1ccc(Br)c(F)c1. The van der Waals surface area contributed by atoms with Crippen molar-refractivity contribution in [3.8, 4) is 5.75 Å². The molecule has 1 aromatic carbocycles. The van der Waals surface area contributed by atoms with E-state index < -0.39 is 0 Å². The summed E-state index contributed by atoms with van der Waals surface area (Å²) in [4.78, 5) is 0. The number of halogens is 2. The summed E-state index contributed by atoms with van der Waals surface area (Å²) in [7, 11) is 0. The van der Waals surface area contributed by atoms with E-state index in [4.69, 9.17) is 4.74 Å². The second-order valence-corrected chi connectivity index (χ2v) is 4.81. The fourth-order valence-corrected chi connectivity index (χ4v) is 1.49. The molecular weight excluding hydrogens is 259 g/mol. The Morgan fingerprint density at radius 1 is 1.40 bits per heavy atom. The summed E-state index contributed by atoms with van der Waals surface area (Å²) in [5, 5.41) is 0. The molecule has 0 saturated carbocycles. The minimum atomic E-state index is -0.281. The molecule has 0 atom stereocenters. The van der Waals surface area contributed by atoms with Crippen LogP contribution in [0.3, 0.4) is 0 Å². The molecule has 0 N–H and O–H groups in total. The standard InChI is InChI=1S/C12H16BrFO/c1-9(2)4-3-7-15-10-5-6-11(13)12(14)8-10/h5-6,8-9H,3-4,7H2,1-2H3. The first kappa shape index (κ1) is 12.5. The normalized spacial score (nSPS) is 10.7. The molecule has 0 saturated heterocycles. The van der Waals surface area contributed by atoms with E-state index in [1.165, 1.54) is 6.07 Å². The fourth-order valence-electron chi connectivity index (χ4n) is 1.25. The minimum Gasteiger partial charge on any atom is -0.493 e. The van der Waals surface area contributed by atoms with Gasteiger partial charge in [-0.15, -0.1) is 0 Å². The van der Waals surface area contributed by atoms with Gasteiger partial charge in [-0.05, 0) is 46.8 Å². The summed E-state index contributed by atoms with van der Waals surface area (Å²) >= 11 is 3.10. The van der Waals surface area contributed by atoms with E-state index in [2.05, 4.69) is 29.8 Å². The summed E-state index contributed by atoms with van der Waals surface area (Å²) in [6.45, 7) is 5.01. The zero-order chi connectivity index (χ0) is 11.3. The molecule has 0 aliphatic carbocycles. The highest BCUT2D eigenvalue weighted by atomic mass is 79.9. The average Bonchev–Trinajstić information content (AvgIpc) is 2.18. The zero-order valence-electron chi connectivity index (χ0n) is 9.09. The molecule has 0 radical (unpaired) electrons. The molecule has 0 aliphatic rings. The molecule has 15 heavy (non-hydrogen) atoms. The number of rotatable bonds is 5. The highest BCUT2D eigenvalue weighted by molar-refractivity contribution is 9.10. The Bertz CT molecular complexity index is 312. The highest BCUT2D eigenvalue weighted by Gasteiger charge is 2.01. The summed E-state index contributed by atoms with van der Waals surface area (Å²) in [6.07, 6.45) is 2.15. The Morgan fingerprint density at radius 3 is 2.73 bits per heavy atom. The molecule has 0 aliphatic heterocycles. The molecule has 0 unspecified atom stereocenters. The van der Waals surface area contributed by atoms with Crippen LogP contribution in [0.4, 0.5) is 4.39 Å². The largest absolute Gasteiger partial charge is 0.493 e. The molecular formula is C12H16BrFO. The van der Waals surface area contributed by atoms with Gasteiger partial charge in [0.1, 0.15) is 11.6 Å². The van der Waals surface area contributed by atoms with Crippen LogP contribution in [-0.2, 0) is 0 Å². The lowest BCUT2D eigenvalue weighted by molar-refractivity contribution is 0.296.